The summed E-state index contributed by atoms with van der Waals surface area (Å²) in [6, 6.07) is 10.1. The summed E-state index contributed by atoms with van der Waals surface area (Å²) in [5, 5.41) is 25.1. The van der Waals surface area contributed by atoms with Crippen LogP contribution in [0.4, 0.5) is 0 Å². The molecule has 0 radical (unpaired) electrons. The summed E-state index contributed by atoms with van der Waals surface area (Å²) in [4.78, 5) is 88.0. The Morgan fingerprint density at radius 1 is 0.837 bits per heavy atom. The molecule has 14 heteroatoms. The van der Waals surface area contributed by atoms with Crippen LogP contribution in [0.1, 0.15) is 109 Å². The number of hydrogen-bond donors (Lipinski definition) is 3. The fraction of sp³-hybridized carbons (Fsp3) is 0.114. The van der Waals surface area contributed by atoms with Crippen LogP contribution < -0.4 is 5.32 Å². The van der Waals surface area contributed by atoms with Crippen molar-refractivity contribution < 1.29 is 47.9 Å². The second kappa shape index (κ2) is 11.2. The van der Waals surface area contributed by atoms with Gasteiger partial charge in [-0.1, -0.05) is 17.3 Å². The standard InChI is InChI=1S/C35H22N4O10/c1-13-23(25-29(42)18-5-4-10-36-27(18)32(45)34(25)48-13)22(41)12-17-7-6-16(11-21(17)40)20-9-8-19-28(38-20)31(44)26-24(35(46)37-15(3)39-47)14(2)49-33(26)30(19)43/h4-11,40,47H,12H2,1-3H3,(H,37,39,46). The number of phenolic OH excluding ortho intramolecular Hbond substituents is 1. The molecular formula is C35H22N4O10. The fourth-order valence-electron chi connectivity index (χ4n) is 6.07. The molecule has 7 rings (SSSR count). The lowest BCUT2D eigenvalue weighted by atomic mass is 9.87. The highest BCUT2D eigenvalue weighted by Gasteiger charge is 2.41. The summed E-state index contributed by atoms with van der Waals surface area (Å²) in [5.41, 5.74) is -0.261. The first kappa shape index (κ1) is 30.8. The van der Waals surface area contributed by atoms with Crippen molar-refractivity contribution in [2.45, 2.75) is 27.2 Å². The van der Waals surface area contributed by atoms with Crippen molar-refractivity contribution in [3.63, 3.8) is 0 Å². The number of Topliss-reactive ketones (excluding diaryl/α,β-unsaturated/α-hetero) is 1. The quantitative estimate of drug-likeness (QED) is 0.0780. The fourth-order valence-corrected chi connectivity index (χ4v) is 6.07. The number of hydrogen-bond acceptors (Lipinski definition) is 13. The van der Waals surface area contributed by atoms with Gasteiger partial charge >= 0.3 is 0 Å². The molecule has 14 nitrogen and oxygen atoms in total. The topological polar surface area (TPSA) is 219 Å². The molecule has 5 aromatic rings. The number of aryl methyl sites for hydroxylation is 2. The number of fused-ring (bicyclic) bond motifs is 4. The molecule has 0 fully saturated rings. The summed E-state index contributed by atoms with van der Waals surface area (Å²) in [5.74, 6) is -4.92. The highest BCUT2D eigenvalue weighted by atomic mass is 16.4. The predicted molar refractivity (Wildman–Crippen MR) is 167 cm³/mol. The number of furan rings is 2. The van der Waals surface area contributed by atoms with E-state index in [0.29, 0.717) is 5.56 Å². The van der Waals surface area contributed by atoms with E-state index in [0.717, 1.165) is 0 Å². The minimum Gasteiger partial charge on any atom is -0.508 e. The van der Waals surface area contributed by atoms with Gasteiger partial charge in [0, 0.05) is 23.7 Å². The molecule has 4 heterocycles. The van der Waals surface area contributed by atoms with E-state index in [9.17, 15) is 33.9 Å². The van der Waals surface area contributed by atoms with Gasteiger partial charge in [0.2, 0.25) is 17.3 Å². The Kier molecular flexibility index (Phi) is 7.01. The van der Waals surface area contributed by atoms with Crippen molar-refractivity contribution in [1.29, 1.82) is 0 Å². The lowest BCUT2D eigenvalue weighted by Gasteiger charge is -2.15. The smallest absolute Gasteiger partial charge is 0.260 e. The van der Waals surface area contributed by atoms with Gasteiger partial charge in [0.25, 0.3) is 5.91 Å². The van der Waals surface area contributed by atoms with E-state index in [4.69, 9.17) is 14.0 Å². The molecule has 0 aliphatic heterocycles. The van der Waals surface area contributed by atoms with Crippen LogP contribution in [0.3, 0.4) is 0 Å². The van der Waals surface area contributed by atoms with Crippen molar-refractivity contribution in [3.05, 3.63) is 122 Å². The third-order valence-electron chi connectivity index (χ3n) is 8.34. The molecule has 2 aliphatic rings. The van der Waals surface area contributed by atoms with E-state index in [1.807, 2.05) is 0 Å². The van der Waals surface area contributed by atoms with Crippen LogP contribution in [0.15, 0.2) is 62.7 Å². The molecule has 0 bridgehead atoms. The van der Waals surface area contributed by atoms with Crippen LogP contribution in [0, 0.1) is 13.8 Å². The normalized spacial score (nSPS) is 13.5. The molecule has 1 amide bonds. The van der Waals surface area contributed by atoms with Crippen molar-refractivity contribution in [3.8, 4) is 17.0 Å². The number of aromatic nitrogens is 2. The van der Waals surface area contributed by atoms with Gasteiger partial charge in [-0.25, -0.2) is 4.98 Å². The summed E-state index contributed by atoms with van der Waals surface area (Å²) in [6.45, 7) is 4.20. The maximum Gasteiger partial charge on any atom is 0.260 e. The van der Waals surface area contributed by atoms with Crippen LogP contribution in [0.25, 0.3) is 11.3 Å². The van der Waals surface area contributed by atoms with Crippen LogP contribution in [0.2, 0.25) is 0 Å². The number of amidine groups is 1. The van der Waals surface area contributed by atoms with Crippen molar-refractivity contribution in [2.75, 3.05) is 0 Å². The highest BCUT2D eigenvalue weighted by molar-refractivity contribution is 6.31. The second-order valence-corrected chi connectivity index (χ2v) is 11.4. The van der Waals surface area contributed by atoms with Crippen molar-refractivity contribution >= 4 is 40.7 Å². The molecular weight excluding hydrogens is 636 g/mol. The number of phenols is 1. The zero-order chi connectivity index (χ0) is 34.9. The maximum absolute atomic E-state index is 13.6. The van der Waals surface area contributed by atoms with E-state index in [1.165, 1.54) is 63.4 Å². The number of carbonyl (C=O) groups is 6. The number of ketones is 5. The average Bonchev–Trinajstić information content (AvgIpc) is 3.64. The van der Waals surface area contributed by atoms with Crippen molar-refractivity contribution in [2.24, 2.45) is 5.16 Å². The zero-order valence-electron chi connectivity index (χ0n) is 25.8. The average molecular weight is 659 g/mol. The number of benzene rings is 1. The summed E-state index contributed by atoms with van der Waals surface area (Å²) >= 11 is 0. The molecule has 1 aromatic carbocycles. The maximum atomic E-state index is 13.6. The largest absolute Gasteiger partial charge is 0.508 e. The molecule has 4 aromatic heterocycles. The SMILES string of the molecule is C/C(=N/O)NC(=O)c1c(C)oc2c1C(=O)c1nc(-c3ccc(CC(=O)c4c(C)oc5c4C(=O)c4cccnc4C5=O)c(O)c3)ccc1C2=O. The number of aromatic hydroxyl groups is 1. The minimum atomic E-state index is -0.822. The van der Waals surface area contributed by atoms with Crippen LogP contribution in [-0.4, -0.2) is 60.9 Å². The van der Waals surface area contributed by atoms with Crippen LogP contribution in [-0.2, 0) is 6.42 Å². The monoisotopic (exact) mass is 658 g/mol. The first-order valence-corrected chi connectivity index (χ1v) is 14.7. The first-order chi connectivity index (χ1) is 23.4. The van der Waals surface area contributed by atoms with Gasteiger partial charge in [0.1, 0.15) is 34.5 Å². The molecule has 2 aliphatic carbocycles. The molecule has 0 unspecified atom stereocenters. The van der Waals surface area contributed by atoms with E-state index in [-0.39, 0.29) is 97.1 Å². The Morgan fingerprint density at radius 3 is 2.22 bits per heavy atom. The second-order valence-electron chi connectivity index (χ2n) is 11.4. The predicted octanol–water partition coefficient (Wildman–Crippen LogP) is 4.17. The van der Waals surface area contributed by atoms with Gasteiger partial charge in [0.15, 0.2) is 23.1 Å². The first-order valence-electron chi connectivity index (χ1n) is 14.7. The Morgan fingerprint density at radius 2 is 1.51 bits per heavy atom. The minimum absolute atomic E-state index is 0.00180. The Balaban J connectivity index is 1.18. The molecule has 0 atom stereocenters. The number of pyridine rings is 2. The van der Waals surface area contributed by atoms with Crippen molar-refractivity contribution in [1.82, 2.24) is 15.3 Å². The molecule has 3 N–H and O–H groups in total. The number of nitrogens with one attached hydrogen (secondary N) is 1. The van der Waals surface area contributed by atoms with E-state index in [1.54, 1.807) is 6.07 Å². The molecule has 0 saturated heterocycles. The molecule has 242 valence electrons. The molecule has 0 saturated carbocycles. The van der Waals surface area contributed by atoms with Gasteiger partial charge < -0.3 is 24.5 Å². The number of oxime groups is 1. The Bertz CT molecular complexity index is 2410. The number of amides is 1. The van der Waals surface area contributed by atoms with Gasteiger partial charge in [0.05, 0.1) is 39.1 Å². The van der Waals surface area contributed by atoms with Gasteiger partial charge in [-0.15, -0.1) is 0 Å². The van der Waals surface area contributed by atoms with E-state index < -0.39 is 34.8 Å². The van der Waals surface area contributed by atoms with Crippen LogP contribution >= 0.6 is 0 Å². The lowest BCUT2D eigenvalue weighted by molar-refractivity contribution is 0.0947. The highest BCUT2D eigenvalue weighted by Crippen LogP contribution is 2.36. The lowest BCUT2D eigenvalue weighted by Crippen LogP contribution is -2.31. The zero-order valence-corrected chi connectivity index (χ0v) is 25.8. The summed E-state index contributed by atoms with van der Waals surface area (Å²) in [6.07, 6.45) is 1.03. The molecule has 49 heavy (non-hydrogen) atoms. The van der Waals surface area contributed by atoms with E-state index in [2.05, 4.69) is 20.4 Å². The third-order valence-corrected chi connectivity index (χ3v) is 8.34. The number of carbonyl (C=O) groups excluding carboxylic acids is 6. The number of nitrogens with zero attached hydrogens (tertiary/aromatic N) is 3. The van der Waals surface area contributed by atoms with Gasteiger partial charge in [-0.05, 0) is 51.1 Å². The Labute approximate surface area is 275 Å². The summed E-state index contributed by atoms with van der Waals surface area (Å²) in [7, 11) is 0. The Hall–Kier alpha value is -6.83. The van der Waals surface area contributed by atoms with Crippen LogP contribution in [0.5, 0.6) is 5.75 Å². The summed E-state index contributed by atoms with van der Waals surface area (Å²) < 4.78 is 11.1. The van der Waals surface area contributed by atoms with Gasteiger partial charge in [-0.3, -0.25) is 33.8 Å². The third kappa shape index (κ3) is 4.68. The molecule has 0 spiro atoms. The van der Waals surface area contributed by atoms with Gasteiger partial charge in [-0.2, -0.15) is 0 Å². The van der Waals surface area contributed by atoms with E-state index >= 15 is 0 Å². The number of rotatable bonds is 5.